The second-order valence-electron chi connectivity index (χ2n) is 6.64. The first-order chi connectivity index (χ1) is 10.4. The fourth-order valence-electron chi connectivity index (χ4n) is 3.71. The first-order valence-electron chi connectivity index (χ1n) is 7.48. The Morgan fingerprint density at radius 1 is 1.36 bits per heavy atom. The molecule has 0 radical (unpaired) electrons. The Morgan fingerprint density at radius 2 is 2.14 bits per heavy atom. The summed E-state index contributed by atoms with van der Waals surface area (Å²) in [7, 11) is 0. The molecule has 120 valence electrons. The molecule has 1 aromatic heterocycles. The summed E-state index contributed by atoms with van der Waals surface area (Å²) in [4.78, 5) is 6.46. The van der Waals surface area contributed by atoms with Crippen LogP contribution in [0.15, 0.2) is 16.7 Å². The van der Waals surface area contributed by atoms with Crippen LogP contribution in [0.1, 0.15) is 19.3 Å². The van der Waals surface area contributed by atoms with Crippen molar-refractivity contribution >= 4 is 21.7 Å². The number of anilines is 1. The summed E-state index contributed by atoms with van der Waals surface area (Å²) < 4.78 is 38.4. The highest BCUT2D eigenvalue weighted by molar-refractivity contribution is 9.10. The van der Waals surface area contributed by atoms with E-state index in [1.165, 1.54) is 0 Å². The number of rotatable bonds is 3. The zero-order valence-electron chi connectivity index (χ0n) is 12.0. The Kier molecular flexibility index (Phi) is 3.34. The highest BCUT2D eigenvalue weighted by Gasteiger charge is 2.62. The third kappa shape index (κ3) is 2.58. The average Bonchev–Trinajstić information content (AvgIpc) is 2.86. The second kappa shape index (κ2) is 5.03. The quantitative estimate of drug-likeness (QED) is 0.813. The van der Waals surface area contributed by atoms with E-state index in [4.69, 9.17) is 9.47 Å². The first-order valence-corrected chi connectivity index (χ1v) is 8.27. The maximum Gasteiger partial charge on any atom is 0.249 e. The van der Waals surface area contributed by atoms with E-state index in [9.17, 15) is 8.78 Å². The molecule has 1 spiro atoms. The third-order valence-corrected chi connectivity index (χ3v) is 5.03. The lowest BCUT2D eigenvalue weighted by Crippen LogP contribution is -2.66. The molecule has 4 rings (SSSR count). The van der Waals surface area contributed by atoms with Crippen molar-refractivity contribution in [3.8, 4) is 5.75 Å². The number of pyridine rings is 1. The van der Waals surface area contributed by atoms with E-state index >= 15 is 0 Å². The number of halogens is 3. The van der Waals surface area contributed by atoms with Crippen LogP contribution in [0.3, 0.4) is 0 Å². The van der Waals surface area contributed by atoms with Gasteiger partial charge in [-0.15, -0.1) is 0 Å². The van der Waals surface area contributed by atoms with Gasteiger partial charge in [-0.3, -0.25) is 0 Å². The van der Waals surface area contributed by atoms with Crippen molar-refractivity contribution < 1.29 is 18.3 Å². The van der Waals surface area contributed by atoms with Gasteiger partial charge < -0.3 is 14.4 Å². The van der Waals surface area contributed by atoms with Gasteiger partial charge in [0.2, 0.25) is 5.92 Å². The summed E-state index contributed by atoms with van der Waals surface area (Å²) >= 11 is 3.41. The zero-order chi connectivity index (χ0) is 15.4. The lowest BCUT2D eigenvalue weighted by molar-refractivity contribution is -0.170. The Hall–Kier alpha value is -0.950. The molecule has 0 N–H and O–H groups in total. The van der Waals surface area contributed by atoms with Crippen molar-refractivity contribution in [1.82, 2.24) is 4.98 Å². The number of aromatic nitrogens is 1. The van der Waals surface area contributed by atoms with Gasteiger partial charge in [-0.25, -0.2) is 13.8 Å². The Balaban J connectivity index is 1.48. The summed E-state index contributed by atoms with van der Waals surface area (Å²) in [6.45, 7) is 2.56. The van der Waals surface area contributed by atoms with Gasteiger partial charge in [-0.2, -0.15) is 0 Å². The standard InChI is InChI=1S/C15H17BrF2N2O2/c16-10-3-12(22-11-1-2-21-5-11)13(19-4-10)20-8-14(9-20)6-15(17,18)7-14/h3-4,11H,1-2,5-9H2. The Morgan fingerprint density at radius 3 is 2.77 bits per heavy atom. The highest BCUT2D eigenvalue weighted by atomic mass is 79.9. The predicted octanol–water partition coefficient (Wildman–Crippen LogP) is 3.25. The van der Waals surface area contributed by atoms with Gasteiger partial charge in [0.05, 0.1) is 13.2 Å². The summed E-state index contributed by atoms with van der Waals surface area (Å²) in [6, 6.07) is 1.89. The molecule has 7 heteroatoms. The van der Waals surface area contributed by atoms with Crippen LogP contribution in [0.25, 0.3) is 0 Å². The van der Waals surface area contributed by atoms with Crippen LogP contribution >= 0.6 is 15.9 Å². The van der Waals surface area contributed by atoms with E-state index in [1.807, 2.05) is 11.0 Å². The maximum atomic E-state index is 13.1. The summed E-state index contributed by atoms with van der Waals surface area (Å²) in [5.41, 5.74) is -0.216. The number of ether oxygens (including phenoxy) is 2. The number of nitrogens with zero attached hydrogens (tertiary/aromatic N) is 2. The van der Waals surface area contributed by atoms with Gasteiger partial charge in [0.25, 0.3) is 0 Å². The first kappa shape index (κ1) is 14.6. The van der Waals surface area contributed by atoms with E-state index in [1.54, 1.807) is 6.20 Å². The lowest BCUT2D eigenvalue weighted by Gasteiger charge is -2.59. The molecule has 2 aliphatic heterocycles. The van der Waals surface area contributed by atoms with Crippen LogP contribution in [-0.2, 0) is 4.74 Å². The van der Waals surface area contributed by atoms with E-state index in [0.29, 0.717) is 32.1 Å². The van der Waals surface area contributed by atoms with Gasteiger partial charge in [0, 0.05) is 48.4 Å². The molecule has 3 aliphatic rings. The maximum absolute atomic E-state index is 13.1. The molecule has 4 nitrogen and oxygen atoms in total. The second-order valence-corrected chi connectivity index (χ2v) is 7.56. The molecule has 3 fully saturated rings. The molecule has 0 aromatic carbocycles. The fourth-order valence-corrected chi connectivity index (χ4v) is 4.02. The molecule has 1 atom stereocenters. The minimum atomic E-state index is -2.47. The summed E-state index contributed by atoms with van der Waals surface area (Å²) in [5.74, 6) is -1.03. The molecule has 22 heavy (non-hydrogen) atoms. The van der Waals surface area contributed by atoms with Gasteiger partial charge in [-0.05, 0) is 22.0 Å². The van der Waals surface area contributed by atoms with Gasteiger partial charge in [0.1, 0.15) is 6.10 Å². The van der Waals surface area contributed by atoms with E-state index in [2.05, 4.69) is 20.9 Å². The van der Waals surface area contributed by atoms with E-state index in [0.717, 1.165) is 16.7 Å². The van der Waals surface area contributed by atoms with E-state index < -0.39 is 5.92 Å². The topological polar surface area (TPSA) is 34.6 Å². The van der Waals surface area contributed by atoms with Crippen molar-refractivity contribution in [3.05, 3.63) is 16.7 Å². The third-order valence-electron chi connectivity index (χ3n) is 4.60. The summed E-state index contributed by atoms with van der Waals surface area (Å²) in [6.07, 6.45) is 2.62. The molecule has 1 aromatic rings. The van der Waals surface area contributed by atoms with Gasteiger partial charge >= 0.3 is 0 Å². The molecule has 0 bridgehead atoms. The van der Waals surface area contributed by atoms with Crippen LogP contribution in [0.2, 0.25) is 0 Å². The molecule has 1 aliphatic carbocycles. The monoisotopic (exact) mass is 374 g/mol. The minimum Gasteiger partial charge on any atom is -0.484 e. The van der Waals surface area contributed by atoms with Gasteiger partial charge in [0.15, 0.2) is 11.6 Å². The Labute approximate surface area is 135 Å². The molecule has 1 unspecified atom stereocenters. The van der Waals surface area contributed by atoms with Crippen LogP contribution in [0.4, 0.5) is 14.6 Å². The van der Waals surface area contributed by atoms with Crippen LogP contribution in [-0.4, -0.2) is 43.3 Å². The zero-order valence-corrected chi connectivity index (χ0v) is 13.6. The summed E-state index contributed by atoms with van der Waals surface area (Å²) in [5, 5.41) is 0. The Bertz CT molecular complexity index is 577. The largest absolute Gasteiger partial charge is 0.484 e. The molecule has 0 amide bonds. The fraction of sp³-hybridized carbons (Fsp3) is 0.667. The number of hydrogen-bond donors (Lipinski definition) is 0. The minimum absolute atomic E-state index is 0.000314. The van der Waals surface area contributed by atoms with Crippen LogP contribution in [0, 0.1) is 5.41 Å². The lowest BCUT2D eigenvalue weighted by atomic mass is 9.61. The van der Waals surface area contributed by atoms with Crippen LogP contribution in [0.5, 0.6) is 5.75 Å². The SMILES string of the molecule is FC1(F)CC2(CN(c3ncc(Br)cc3OC3CCOC3)C2)C1. The van der Waals surface area contributed by atoms with Crippen molar-refractivity contribution in [2.24, 2.45) is 5.41 Å². The molecule has 2 saturated heterocycles. The predicted molar refractivity (Wildman–Crippen MR) is 80.6 cm³/mol. The smallest absolute Gasteiger partial charge is 0.249 e. The molecular weight excluding hydrogens is 358 g/mol. The van der Waals surface area contributed by atoms with Crippen molar-refractivity contribution in [2.75, 3.05) is 31.2 Å². The van der Waals surface area contributed by atoms with Crippen molar-refractivity contribution in [3.63, 3.8) is 0 Å². The van der Waals surface area contributed by atoms with Crippen LogP contribution < -0.4 is 9.64 Å². The number of alkyl halides is 2. The van der Waals surface area contributed by atoms with Crippen molar-refractivity contribution in [1.29, 1.82) is 0 Å². The molecule has 1 saturated carbocycles. The normalized spacial score (nSPS) is 28.3. The molecule has 3 heterocycles. The molecular formula is C15H17BrF2N2O2. The highest BCUT2D eigenvalue weighted by Crippen LogP contribution is 2.57. The average molecular weight is 375 g/mol. The number of hydrogen-bond acceptors (Lipinski definition) is 4. The van der Waals surface area contributed by atoms with Gasteiger partial charge in [-0.1, -0.05) is 0 Å². The van der Waals surface area contributed by atoms with E-state index in [-0.39, 0.29) is 24.4 Å². The van der Waals surface area contributed by atoms with Crippen molar-refractivity contribution in [2.45, 2.75) is 31.3 Å².